The van der Waals surface area contributed by atoms with Gasteiger partial charge in [0.05, 0.1) is 23.5 Å². The molecule has 41 heavy (non-hydrogen) atoms. The van der Waals surface area contributed by atoms with Crippen LogP contribution in [-0.2, 0) is 20.9 Å². The van der Waals surface area contributed by atoms with Crippen LogP contribution in [0.15, 0.2) is 108 Å². The Kier molecular flexibility index (Phi) is 8.63. The van der Waals surface area contributed by atoms with E-state index in [-0.39, 0.29) is 18.0 Å². The molecule has 0 fully saturated rings. The van der Waals surface area contributed by atoms with Crippen LogP contribution in [0.3, 0.4) is 0 Å². The van der Waals surface area contributed by atoms with Crippen LogP contribution in [0.5, 0.6) is 0 Å². The van der Waals surface area contributed by atoms with Gasteiger partial charge in [0.25, 0.3) is 0 Å². The predicted molar refractivity (Wildman–Crippen MR) is 165 cm³/mol. The highest BCUT2D eigenvalue weighted by Crippen LogP contribution is 2.47. The number of carbonyl (C=O) groups is 2. The number of nitrogens with zero attached hydrogens (tertiary/aromatic N) is 2. The standard InChI is InChI=1S/C36H38N2O3/c1-9-27(18-17-24(6)39)23(5)19-30(10-2)41-36(12-4,26(8)40)32-21-34-35-29(22-38(34)25(7)31(32)11-3)20-28-15-13-14-16-33(28)37-35/h13-16,20-21H,1-2,5,7,11-12,17-19,22H2,3-4,6,8H3. The molecule has 0 N–H and O–H groups in total. The summed E-state index contributed by atoms with van der Waals surface area (Å²) in [4.78, 5) is 32.3. The molecule has 2 aliphatic rings. The molecule has 1 atom stereocenters. The van der Waals surface area contributed by atoms with E-state index in [0.717, 1.165) is 50.3 Å². The third kappa shape index (κ3) is 5.47. The molecule has 0 spiro atoms. The molecular formula is C36H38N2O3. The average molecular weight is 547 g/mol. The van der Waals surface area contributed by atoms with E-state index in [4.69, 9.17) is 9.72 Å². The normalized spacial score (nSPS) is 15.3. The Balaban J connectivity index is 1.77. The van der Waals surface area contributed by atoms with Crippen LogP contribution >= 0.6 is 0 Å². The summed E-state index contributed by atoms with van der Waals surface area (Å²) in [6.45, 7) is 24.1. The number of pyridine rings is 1. The second-order valence-corrected chi connectivity index (χ2v) is 10.6. The summed E-state index contributed by atoms with van der Waals surface area (Å²) in [5.41, 5.74) is 12.4. The van der Waals surface area contributed by atoms with Crippen LogP contribution in [0.1, 0.15) is 71.1 Å². The molecule has 4 rings (SSSR count). The minimum atomic E-state index is -1.29. The maximum absolute atomic E-state index is 13.6. The van der Waals surface area contributed by atoms with Crippen molar-refractivity contribution in [3.8, 4) is 0 Å². The lowest BCUT2D eigenvalue weighted by atomic mass is 9.80. The van der Waals surface area contributed by atoms with Crippen molar-refractivity contribution in [1.29, 1.82) is 0 Å². The van der Waals surface area contributed by atoms with E-state index in [0.29, 0.717) is 43.6 Å². The minimum Gasteiger partial charge on any atom is -0.471 e. The number of hydrogen-bond donors (Lipinski definition) is 0. The van der Waals surface area contributed by atoms with Crippen LogP contribution in [0.25, 0.3) is 16.6 Å². The third-order valence-corrected chi connectivity index (χ3v) is 8.04. The molecule has 0 amide bonds. The number of aromatic nitrogens is 1. The van der Waals surface area contributed by atoms with Gasteiger partial charge < -0.3 is 14.4 Å². The summed E-state index contributed by atoms with van der Waals surface area (Å²) < 4.78 is 6.64. The number of hydrogen-bond acceptors (Lipinski definition) is 5. The topological polar surface area (TPSA) is 59.5 Å². The van der Waals surface area contributed by atoms with Crippen LogP contribution in [0.4, 0.5) is 0 Å². The van der Waals surface area contributed by atoms with Crippen molar-refractivity contribution in [2.75, 3.05) is 0 Å². The zero-order valence-corrected chi connectivity index (χ0v) is 24.7. The number of allylic oxidation sites excluding steroid dienone is 3. The lowest BCUT2D eigenvalue weighted by Crippen LogP contribution is -2.43. The fourth-order valence-electron chi connectivity index (χ4n) is 5.73. The van der Waals surface area contributed by atoms with Crippen LogP contribution in [-0.4, -0.2) is 27.1 Å². The Bertz CT molecular complexity index is 1640. The highest BCUT2D eigenvalue weighted by molar-refractivity contribution is 5.93. The first-order chi connectivity index (χ1) is 19.6. The van der Waals surface area contributed by atoms with Gasteiger partial charge in [-0.3, -0.25) is 4.79 Å². The molecule has 0 radical (unpaired) electrons. The second-order valence-electron chi connectivity index (χ2n) is 10.6. The predicted octanol–water partition coefficient (Wildman–Crippen LogP) is 8.08. The monoisotopic (exact) mass is 546 g/mol. The molecule has 3 heterocycles. The Morgan fingerprint density at radius 2 is 1.85 bits per heavy atom. The number of Topliss-reactive ketones (excluding diaryl/α,β-unsaturated/α-hetero) is 2. The van der Waals surface area contributed by atoms with Gasteiger partial charge in [-0.15, -0.1) is 5.73 Å². The van der Waals surface area contributed by atoms with E-state index in [1.54, 1.807) is 13.8 Å². The number of fused-ring (bicyclic) bond motifs is 4. The summed E-state index contributed by atoms with van der Waals surface area (Å²) in [5, 5.41) is 1.09. The average Bonchev–Trinajstić information content (AvgIpc) is 3.31. The molecule has 0 aliphatic carbocycles. The molecule has 2 aromatic rings. The lowest BCUT2D eigenvalue weighted by molar-refractivity contribution is -0.133. The molecule has 5 heteroatoms. The molecule has 0 saturated carbocycles. The minimum absolute atomic E-state index is 0.0810. The van der Waals surface area contributed by atoms with Gasteiger partial charge in [-0.05, 0) is 68.0 Å². The number of carbonyl (C=O) groups excluding carboxylic acids is 2. The SMILES string of the molecule is C=C=C(CC(=C)C(=C=C)CCC(C)=O)OC(CC)(C(C)=O)C1=C(CC)C(=C)N2Cc3cc4ccccc4nc3C2=C1. The summed E-state index contributed by atoms with van der Waals surface area (Å²) in [5.74, 6) is 0.351. The van der Waals surface area contributed by atoms with Crippen molar-refractivity contribution in [2.24, 2.45) is 0 Å². The van der Waals surface area contributed by atoms with Crippen molar-refractivity contribution in [3.05, 3.63) is 119 Å². The molecule has 2 aliphatic heterocycles. The van der Waals surface area contributed by atoms with Gasteiger partial charge in [0.1, 0.15) is 11.5 Å². The Hall–Kier alpha value is -4.43. The lowest BCUT2D eigenvalue weighted by Gasteiger charge is -2.39. The smallest absolute Gasteiger partial charge is 0.192 e. The van der Waals surface area contributed by atoms with Crippen LogP contribution in [0.2, 0.25) is 0 Å². The van der Waals surface area contributed by atoms with Gasteiger partial charge in [0.2, 0.25) is 0 Å². The Labute approximate surface area is 243 Å². The van der Waals surface area contributed by atoms with E-state index in [2.05, 4.69) is 67.8 Å². The molecule has 5 nitrogen and oxygen atoms in total. The fourth-order valence-corrected chi connectivity index (χ4v) is 5.73. The van der Waals surface area contributed by atoms with Gasteiger partial charge in [-0.2, -0.15) is 0 Å². The zero-order chi connectivity index (χ0) is 29.9. The first-order valence-corrected chi connectivity index (χ1v) is 14.1. The third-order valence-electron chi connectivity index (χ3n) is 8.04. The molecule has 0 bridgehead atoms. The highest BCUT2D eigenvalue weighted by atomic mass is 16.5. The van der Waals surface area contributed by atoms with Gasteiger partial charge in [-0.25, -0.2) is 4.98 Å². The summed E-state index contributed by atoms with van der Waals surface area (Å²) in [7, 11) is 0. The van der Waals surface area contributed by atoms with Crippen molar-refractivity contribution in [2.45, 2.75) is 71.9 Å². The number of benzene rings is 1. The van der Waals surface area contributed by atoms with E-state index < -0.39 is 5.60 Å². The maximum Gasteiger partial charge on any atom is 0.192 e. The Morgan fingerprint density at radius 3 is 2.46 bits per heavy atom. The summed E-state index contributed by atoms with van der Waals surface area (Å²) in [6.07, 6.45) is 4.25. The van der Waals surface area contributed by atoms with Gasteiger partial charge in [0.15, 0.2) is 11.4 Å². The van der Waals surface area contributed by atoms with E-state index >= 15 is 0 Å². The van der Waals surface area contributed by atoms with Gasteiger partial charge >= 0.3 is 0 Å². The van der Waals surface area contributed by atoms with Gasteiger partial charge in [0, 0.05) is 35.1 Å². The largest absolute Gasteiger partial charge is 0.471 e. The summed E-state index contributed by atoms with van der Waals surface area (Å²) in [6, 6.07) is 10.3. The van der Waals surface area contributed by atoms with Crippen molar-refractivity contribution in [3.63, 3.8) is 0 Å². The fraction of sp³-hybridized carbons (Fsp3) is 0.306. The first kappa shape index (κ1) is 29.6. The number of rotatable bonds is 12. The Morgan fingerprint density at radius 1 is 1.12 bits per heavy atom. The molecule has 1 aromatic carbocycles. The molecule has 0 saturated heterocycles. The first-order valence-electron chi connectivity index (χ1n) is 14.1. The van der Waals surface area contributed by atoms with Gasteiger partial charge in [-0.1, -0.05) is 64.1 Å². The number of ether oxygens (including phenoxy) is 1. The molecule has 1 aromatic heterocycles. The number of ketones is 2. The molecule has 1 unspecified atom stereocenters. The van der Waals surface area contributed by atoms with E-state index in [1.165, 1.54) is 0 Å². The zero-order valence-electron chi connectivity index (χ0n) is 24.7. The quantitative estimate of drug-likeness (QED) is 0.153. The maximum atomic E-state index is 13.6. The van der Waals surface area contributed by atoms with Crippen LogP contribution in [0, 0.1) is 0 Å². The van der Waals surface area contributed by atoms with Crippen molar-refractivity contribution < 1.29 is 14.3 Å². The molecular weight excluding hydrogens is 508 g/mol. The molecule has 210 valence electrons. The van der Waals surface area contributed by atoms with Crippen molar-refractivity contribution in [1.82, 2.24) is 9.88 Å². The van der Waals surface area contributed by atoms with Crippen molar-refractivity contribution >= 4 is 28.2 Å². The highest BCUT2D eigenvalue weighted by Gasteiger charge is 2.45. The van der Waals surface area contributed by atoms with Crippen LogP contribution < -0.4 is 0 Å². The second kappa shape index (κ2) is 12.0. The summed E-state index contributed by atoms with van der Waals surface area (Å²) >= 11 is 0. The van der Waals surface area contributed by atoms with E-state index in [1.807, 2.05) is 25.1 Å². The number of para-hydroxylation sites is 1. The van der Waals surface area contributed by atoms with E-state index in [9.17, 15) is 9.59 Å².